The molecule has 0 N–H and O–H groups in total. The summed E-state index contributed by atoms with van der Waals surface area (Å²) in [7, 11) is 1.80. The number of thiazole rings is 1. The van der Waals surface area contributed by atoms with Crippen molar-refractivity contribution >= 4 is 17.2 Å². The highest BCUT2D eigenvalue weighted by Crippen LogP contribution is 2.17. The van der Waals surface area contributed by atoms with Gasteiger partial charge in [-0.3, -0.25) is 14.2 Å². The van der Waals surface area contributed by atoms with Gasteiger partial charge in [-0.05, 0) is 32.8 Å². The van der Waals surface area contributed by atoms with Crippen molar-refractivity contribution in [2.45, 2.75) is 47.1 Å². The molecule has 0 unspecified atom stereocenters. The lowest BCUT2D eigenvalue weighted by molar-refractivity contribution is 0.0796. The fraction of sp³-hybridized carbons (Fsp3) is 0.474. The average Bonchev–Trinajstić information content (AvgIpc) is 2.79. The lowest BCUT2D eigenvalue weighted by Crippen LogP contribution is -2.27. The molecule has 0 aliphatic carbocycles. The summed E-state index contributed by atoms with van der Waals surface area (Å²) in [6.07, 6.45) is 2.01. The summed E-state index contributed by atoms with van der Waals surface area (Å²) in [5.41, 5.74) is 4.22. The molecule has 4 nitrogen and oxygen atoms in total. The van der Waals surface area contributed by atoms with Crippen molar-refractivity contribution in [1.82, 2.24) is 9.47 Å². The van der Waals surface area contributed by atoms with Crippen LogP contribution in [0.4, 0.5) is 0 Å². The first-order chi connectivity index (χ1) is 11.3. The maximum atomic E-state index is 12.6. The van der Waals surface area contributed by atoms with E-state index in [0.29, 0.717) is 11.4 Å². The lowest BCUT2D eigenvalue weighted by atomic mass is 10.1. The number of rotatable bonds is 6. The summed E-state index contributed by atoms with van der Waals surface area (Å²) in [5, 5.41) is 0. The fourth-order valence-corrected chi connectivity index (χ4v) is 3.86. The standard InChI is InChI=1S/C19H26N2O2S/c1-6-7-8-20(5)18(22)17-15(4)21(19(23)24-17)12-16-10-13(2)9-14(3)11-16/h9-11H,6-8,12H2,1-5H3. The summed E-state index contributed by atoms with van der Waals surface area (Å²) < 4.78 is 1.71. The van der Waals surface area contributed by atoms with Crippen molar-refractivity contribution in [2.75, 3.05) is 13.6 Å². The number of unbranched alkanes of at least 4 members (excludes halogenated alkanes) is 1. The zero-order chi connectivity index (χ0) is 17.9. The van der Waals surface area contributed by atoms with Gasteiger partial charge in [-0.15, -0.1) is 0 Å². The monoisotopic (exact) mass is 346 g/mol. The maximum Gasteiger partial charge on any atom is 0.308 e. The predicted octanol–water partition coefficient (Wildman–Crippen LogP) is 3.76. The van der Waals surface area contributed by atoms with E-state index in [4.69, 9.17) is 0 Å². The highest BCUT2D eigenvalue weighted by molar-refractivity contribution is 7.11. The average molecular weight is 346 g/mol. The SMILES string of the molecule is CCCCN(C)C(=O)c1sc(=O)n(Cc2cc(C)cc(C)c2)c1C. The number of carbonyl (C=O) groups is 1. The molecule has 0 bridgehead atoms. The third kappa shape index (κ3) is 4.15. The molecule has 2 aromatic rings. The van der Waals surface area contributed by atoms with Gasteiger partial charge in [0.2, 0.25) is 0 Å². The van der Waals surface area contributed by atoms with E-state index in [-0.39, 0.29) is 10.8 Å². The van der Waals surface area contributed by atoms with E-state index in [2.05, 4.69) is 39.0 Å². The van der Waals surface area contributed by atoms with Crippen molar-refractivity contribution in [3.8, 4) is 0 Å². The number of nitrogens with zero attached hydrogens (tertiary/aromatic N) is 2. The van der Waals surface area contributed by atoms with Crippen LogP contribution in [0.25, 0.3) is 0 Å². The van der Waals surface area contributed by atoms with Crippen LogP contribution in [0, 0.1) is 20.8 Å². The molecule has 1 aromatic heterocycles. The zero-order valence-electron chi connectivity index (χ0n) is 15.2. The van der Waals surface area contributed by atoms with Crippen molar-refractivity contribution in [2.24, 2.45) is 0 Å². The van der Waals surface area contributed by atoms with Gasteiger partial charge >= 0.3 is 4.87 Å². The summed E-state index contributed by atoms with van der Waals surface area (Å²) >= 11 is 1.05. The summed E-state index contributed by atoms with van der Waals surface area (Å²) in [6, 6.07) is 6.29. The molecule has 2 rings (SSSR count). The minimum Gasteiger partial charge on any atom is -0.341 e. The van der Waals surface area contributed by atoms with Crippen molar-refractivity contribution in [1.29, 1.82) is 0 Å². The van der Waals surface area contributed by atoms with Crippen LogP contribution in [0.2, 0.25) is 0 Å². The smallest absolute Gasteiger partial charge is 0.308 e. The van der Waals surface area contributed by atoms with Crippen LogP contribution >= 0.6 is 11.3 Å². The number of amides is 1. The zero-order valence-corrected chi connectivity index (χ0v) is 16.0. The Labute approximate surface area is 147 Å². The maximum absolute atomic E-state index is 12.6. The molecule has 0 saturated carbocycles. The molecule has 24 heavy (non-hydrogen) atoms. The fourth-order valence-electron chi connectivity index (χ4n) is 2.87. The van der Waals surface area contributed by atoms with Crippen LogP contribution in [0.5, 0.6) is 0 Å². The molecule has 1 aromatic carbocycles. The first kappa shape index (κ1) is 18.5. The molecule has 1 heterocycles. The molecule has 0 aliphatic heterocycles. The van der Waals surface area contributed by atoms with E-state index in [1.165, 1.54) is 11.1 Å². The summed E-state index contributed by atoms with van der Waals surface area (Å²) in [5.74, 6) is -0.0535. The van der Waals surface area contributed by atoms with Gasteiger partial charge in [0.15, 0.2) is 0 Å². The molecule has 0 saturated heterocycles. The molecule has 1 amide bonds. The second kappa shape index (κ2) is 7.79. The molecular weight excluding hydrogens is 320 g/mol. The van der Waals surface area contributed by atoms with E-state index in [1.807, 2.05) is 6.92 Å². The Hall–Kier alpha value is -1.88. The Balaban J connectivity index is 2.29. The molecule has 0 fully saturated rings. The van der Waals surface area contributed by atoms with Crippen molar-refractivity contribution in [3.63, 3.8) is 0 Å². The van der Waals surface area contributed by atoms with Gasteiger partial charge in [0.05, 0.1) is 6.54 Å². The lowest BCUT2D eigenvalue weighted by Gasteiger charge is -2.16. The normalized spacial score (nSPS) is 10.9. The van der Waals surface area contributed by atoms with Crippen LogP contribution in [0.1, 0.15) is 51.8 Å². The summed E-state index contributed by atoms with van der Waals surface area (Å²) in [4.78, 5) is 27.2. The van der Waals surface area contributed by atoms with Crippen LogP contribution < -0.4 is 4.87 Å². The Bertz CT molecular complexity index is 769. The van der Waals surface area contributed by atoms with Gasteiger partial charge in [0, 0.05) is 19.3 Å². The topological polar surface area (TPSA) is 42.3 Å². The molecule has 0 aliphatic rings. The minimum absolute atomic E-state index is 0.0535. The van der Waals surface area contributed by atoms with Crippen LogP contribution in [0.3, 0.4) is 0 Å². The second-order valence-corrected chi connectivity index (χ2v) is 7.41. The Morgan fingerprint density at radius 1 is 1.17 bits per heavy atom. The third-order valence-corrected chi connectivity index (χ3v) is 5.22. The number of hydrogen-bond acceptors (Lipinski definition) is 3. The molecule has 0 spiro atoms. The van der Waals surface area contributed by atoms with E-state index in [9.17, 15) is 9.59 Å². The van der Waals surface area contributed by atoms with E-state index < -0.39 is 0 Å². The number of aryl methyl sites for hydroxylation is 2. The van der Waals surface area contributed by atoms with Gasteiger partial charge in [0.25, 0.3) is 5.91 Å². The second-order valence-electron chi connectivity index (χ2n) is 6.44. The van der Waals surface area contributed by atoms with E-state index in [0.717, 1.165) is 42.0 Å². The Morgan fingerprint density at radius 2 is 1.79 bits per heavy atom. The number of hydrogen-bond donors (Lipinski definition) is 0. The van der Waals surface area contributed by atoms with E-state index >= 15 is 0 Å². The number of aromatic nitrogens is 1. The number of benzene rings is 1. The summed E-state index contributed by atoms with van der Waals surface area (Å²) in [6.45, 7) is 9.30. The first-order valence-electron chi connectivity index (χ1n) is 8.36. The minimum atomic E-state index is -0.0705. The van der Waals surface area contributed by atoms with Crippen molar-refractivity contribution < 1.29 is 4.79 Å². The van der Waals surface area contributed by atoms with Gasteiger partial charge in [0.1, 0.15) is 4.88 Å². The third-order valence-electron chi connectivity index (χ3n) is 4.15. The van der Waals surface area contributed by atoms with Gasteiger partial charge in [-0.25, -0.2) is 0 Å². The molecule has 0 radical (unpaired) electrons. The largest absolute Gasteiger partial charge is 0.341 e. The van der Waals surface area contributed by atoms with Crippen molar-refractivity contribution in [3.05, 3.63) is 55.1 Å². The van der Waals surface area contributed by atoms with Gasteiger partial charge in [-0.1, -0.05) is 54.0 Å². The van der Waals surface area contributed by atoms with Gasteiger partial charge < -0.3 is 4.90 Å². The van der Waals surface area contributed by atoms with Crippen LogP contribution in [0.15, 0.2) is 23.0 Å². The highest BCUT2D eigenvalue weighted by atomic mass is 32.1. The molecule has 0 atom stereocenters. The first-order valence-corrected chi connectivity index (χ1v) is 9.18. The molecule has 130 valence electrons. The predicted molar refractivity (Wildman–Crippen MR) is 100 cm³/mol. The number of carbonyl (C=O) groups excluding carboxylic acids is 1. The molecular formula is C19H26N2O2S. The quantitative estimate of drug-likeness (QED) is 0.799. The van der Waals surface area contributed by atoms with Gasteiger partial charge in [-0.2, -0.15) is 0 Å². The highest BCUT2D eigenvalue weighted by Gasteiger charge is 2.20. The Kier molecular flexibility index (Phi) is 5.99. The Morgan fingerprint density at radius 3 is 2.38 bits per heavy atom. The van der Waals surface area contributed by atoms with E-state index in [1.54, 1.807) is 16.5 Å². The van der Waals surface area contributed by atoms with Crippen LogP contribution in [-0.4, -0.2) is 29.0 Å². The van der Waals surface area contributed by atoms with Crippen LogP contribution in [-0.2, 0) is 6.54 Å². The molecule has 5 heteroatoms.